The summed E-state index contributed by atoms with van der Waals surface area (Å²) in [4.78, 5) is 15.4. The SMILES string of the molecule is CN(C)c1ccc(C2=CC(=C3C=CC(=[N+](C)C)C=C3)SC(CCCC(=O)O)=C2)cc1.[I-]. The molecule has 0 spiro atoms. The highest BCUT2D eigenvalue weighted by molar-refractivity contribution is 8.07. The summed E-state index contributed by atoms with van der Waals surface area (Å²) < 4.78 is 2.09. The second-order valence-corrected chi connectivity index (χ2v) is 8.97. The van der Waals surface area contributed by atoms with Crippen molar-refractivity contribution in [2.75, 3.05) is 33.1 Å². The second kappa shape index (κ2) is 11.5. The fraction of sp³-hybridized carbons (Fsp3) is 0.280. The van der Waals surface area contributed by atoms with E-state index in [9.17, 15) is 4.79 Å². The number of carboxylic acid groups (broad SMARTS) is 1. The third-order valence-electron chi connectivity index (χ3n) is 5.04. The highest BCUT2D eigenvalue weighted by Crippen LogP contribution is 2.41. The molecule has 1 heterocycles. The van der Waals surface area contributed by atoms with Crippen LogP contribution in [0, 0.1) is 0 Å². The van der Waals surface area contributed by atoms with Gasteiger partial charge in [0.1, 0.15) is 14.1 Å². The summed E-state index contributed by atoms with van der Waals surface area (Å²) >= 11 is 1.74. The molecule has 0 atom stereocenters. The van der Waals surface area contributed by atoms with Gasteiger partial charge in [-0.15, -0.1) is 0 Å². The molecule has 0 bridgehead atoms. The Bertz CT molecular complexity index is 990. The molecule has 0 saturated carbocycles. The van der Waals surface area contributed by atoms with E-state index in [4.69, 9.17) is 5.11 Å². The van der Waals surface area contributed by atoms with Crippen LogP contribution in [0.2, 0.25) is 0 Å². The van der Waals surface area contributed by atoms with E-state index in [0.29, 0.717) is 6.42 Å². The first-order valence-electron chi connectivity index (χ1n) is 10.1. The van der Waals surface area contributed by atoms with Gasteiger partial charge in [0.05, 0.1) is 0 Å². The lowest BCUT2D eigenvalue weighted by molar-refractivity contribution is -0.462. The molecule has 0 unspecified atom stereocenters. The van der Waals surface area contributed by atoms with Crippen molar-refractivity contribution in [2.24, 2.45) is 0 Å². The van der Waals surface area contributed by atoms with E-state index in [0.717, 1.165) is 12.0 Å². The first-order valence-corrected chi connectivity index (χ1v) is 10.9. The average molecular weight is 548 g/mol. The van der Waals surface area contributed by atoms with Gasteiger partial charge in [-0.3, -0.25) is 4.79 Å². The van der Waals surface area contributed by atoms with E-state index in [1.807, 2.05) is 28.2 Å². The summed E-state index contributed by atoms with van der Waals surface area (Å²) in [5.41, 5.74) is 5.84. The first-order chi connectivity index (χ1) is 14.3. The Balaban J connectivity index is 0.00000341. The highest BCUT2D eigenvalue weighted by atomic mass is 127. The minimum Gasteiger partial charge on any atom is -1.00 e. The third kappa shape index (κ3) is 6.97. The zero-order chi connectivity index (χ0) is 21.7. The molecule has 4 nitrogen and oxygen atoms in total. The van der Waals surface area contributed by atoms with Crippen LogP contribution in [-0.4, -0.2) is 49.6 Å². The first kappa shape index (κ1) is 25.2. The minimum absolute atomic E-state index is 0. The summed E-state index contributed by atoms with van der Waals surface area (Å²) in [5, 5.41) is 8.99. The molecular formula is C25H29IN2O2S. The van der Waals surface area contributed by atoms with Gasteiger partial charge in [0.2, 0.25) is 0 Å². The number of anilines is 1. The Labute approximate surface area is 206 Å². The Kier molecular flexibility index (Phi) is 9.37. The van der Waals surface area contributed by atoms with Crippen molar-refractivity contribution >= 4 is 34.7 Å². The number of rotatable bonds is 6. The summed E-state index contributed by atoms with van der Waals surface area (Å²) in [5.74, 6) is -0.741. The number of thioether (sulfide) groups is 1. The topological polar surface area (TPSA) is 43.5 Å². The summed E-state index contributed by atoms with van der Waals surface area (Å²) in [6.45, 7) is 0. The molecule has 1 aromatic rings. The molecule has 0 amide bonds. The maximum absolute atomic E-state index is 10.9. The van der Waals surface area contributed by atoms with Gasteiger partial charge in [-0.05, 0) is 70.9 Å². The molecule has 1 N–H and O–H groups in total. The fourth-order valence-corrected chi connectivity index (χ4v) is 4.43. The van der Waals surface area contributed by atoms with Crippen LogP contribution in [0.25, 0.3) is 5.57 Å². The molecule has 6 heteroatoms. The van der Waals surface area contributed by atoms with Crippen LogP contribution in [0.15, 0.2) is 76.1 Å². The van der Waals surface area contributed by atoms with Crippen LogP contribution < -0.4 is 28.9 Å². The van der Waals surface area contributed by atoms with Gasteiger partial charge in [0.15, 0.2) is 5.71 Å². The lowest BCUT2D eigenvalue weighted by Crippen LogP contribution is -3.00. The Morgan fingerprint density at radius 1 is 1.03 bits per heavy atom. The minimum atomic E-state index is -0.741. The van der Waals surface area contributed by atoms with Crippen molar-refractivity contribution in [1.29, 1.82) is 0 Å². The number of hydrogen-bond acceptors (Lipinski definition) is 3. The number of hydrogen-bond donors (Lipinski definition) is 1. The molecule has 0 radical (unpaired) electrons. The highest BCUT2D eigenvalue weighted by Gasteiger charge is 2.16. The Morgan fingerprint density at radius 2 is 1.68 bits per heavy atom. The molecular weight excluding hydrogens is 519 g/mol. The molecule has 31 heavy (non-hydrogen) atoms. The number of aliphatic carboxylic acids is 1. The van der Waals surface area contributed by atoms with Crippen LogP contribution in [0.5, 0.6) is 0 Å². The fourth-order valence-electron chi connectivity index (χ4n) is 3.28. The molecule has 2 aliphatic rings. The molecule has 1 aliphatic carbocycles. The standard InChI is InChI=1S/C25H28N2O2S.HI/c1-26(2)21-12-8-18(9-13-21)20-16-23(6-5-7-25(28)29)30-24(17-20)19-10-14-22(15-11-19)27(3)4;/h8-17H,5-7H2,1-4H3;1H. The van der Waals surface area contributed by atoms with Crippen molar-refractivity contribution in [3.8, 4) is 0 Å². The number of carboxylic acids is 1. The van der Waals surface area contributed by atoms with E-state index in [-0.39, 0.29) is 30.4 Å². The summed E-state index contributed by atoms with van der Waals surface area (Å²) in [7, 11) is 8.15. The normalized spacial score (nSPS) is 15.3. The van der Waals surface area contributed by atoms with Crippen LogP contribution in [-0.2, 0) is 4.79 Å². The van der Waals surface area contributed by atoms with Crippen molar-refractivity contribution in [3.63, 3.8) is 0 Å². The molecule has 0 fully saturated rings. The van der Waals surface area contributed by atoms with Crippen molar-refractivity contribution < 1.29 is 38.5 Å². The number of benzene rings is 1. The lowest BCUT2D eigenvalue weighted by atomic mass is 10.0. The molecule has 1 aliphatic heterocycles. The van der Waals surface area contributed by atoms with Gasteiger partial charge >= 0.3 is 5.97 Å². The van der Waals surface area contributed by atoms with Gasteiger partial charge in [-0.1, -0.05) is 23.9 Å². The van der Waals surface area contributed by atoms with E-state index in [1.165, 1.54) is 32.3 Å². The number of allylic oxidation sites excluding steroid dienone is 9. The van der Waals surface area contributed by atoms with Gasteiger partial charge in [0, 0.05) is 43.3 Å². The van der Waals surface area contributed by atoms with Gasteiger partial charge in [-0.2, -0.15) is 0 Å². The average Bonchev–Trinajstić information content (AvgIpc) is 2.73. The molecule has 0 saturated heterocycles. The third-order valence-corrected chi connectivity index (χ3v) is 6.20. The second-order valence-electron chi connectivity index (χ2n) is 7.81. The van der Waals surface area contributed by atoms with Gasteiger partial charge in [0.25, 0.3) is 0 Å². The zero-order valence-electron chi connectivity index (χ0n) is 18.4. The summed E-state index contributed by atoms with van der Waals surface area (Å²) in [6.07, 6.45) is 14.6. The van der Waals surface area contributed by atoms with Crippen LogP contribution >= 0.6 is 11.8 Å². The van der Waals surface area contributed by atoms with E-state index in [1.54, 1.807) is 11.8 Å². The van der Waals surface area contributed by atoms with Crippen molar-refractivity contribution in [1.82, 2.24) is 0 Å². The molecule has 1 aromatic carbocycles. The monoisotopic (exact) mass is 548 g/mol. The lowest BCUT2D eigenvalue weighted by Gasteiger charge is -2.19. The Morgan fingerprint density at radius 3 is 2.23 bits per heavy atom. The predicted octanol–water partition coefficient (Wildman–Crippen LogP) is 2.12. The largest absolute Gasteiger partial charge is 1.00 e. The zero-order valence-corrected chi connectivity index (χ0v) is 21.4. The molecule has 3 rings (SSSR count). The molecule has 0 aromatic heterocycles. The van der Waals surface area contributed by atoms with E-state index >= 15 is 0 Å². The van der Waals surface area contributed by atoms with E-state index in [2.05, 4.69) is 70.2 Å². The van der Waals surface area contributed by atoms with Crippen LogP contribution in [0.4, 0.5) is 5.69 Å². The number of nitrogens with zero attached hydrogens (tertiary/aromatic N) is 2. The summed E-state index contributed by atoms with van der Waals surface area (Å²) in [6, 6.07) is 8.55. The van der Waals surface area contributed by atoms with Crippen molar-refractivity contribution in [3.05, 3.63) is 81.7 Å². The Hall–Kier alpha value is -2.06. The van der Waals surface area contributed by atoms with Crippen molar-refractivity contribution in [2.45, 2.75) is 19.3 Å². The maximum atomic E-state index is 10.9. The quantitative estimate of drug-likeness (QED) is 0.437. The number of halogens is 1. The number of carbonyl (C=O) groups is 1. The van der Waals surface area contributed by atoms with Crippen LogP contribution in [0.3, 0.4) is 0 Å². The molecule has 164 valence electrons. The van der Waals surface area contributed by atoms with Gasteiger partial charge < -0.3 is 34.0 Å². The van der Waals surface area contributed by atoms with E-state index < -0.39 is 5.97 Å². The van der Waals surface area contributed by atoms with Crippen LogP contribution in [0.1, 0.15) is 24.8 Å². The maximum Gasteiger partial charge on any atom is 0.303 e. The predicted molar refractivity (Wildman–Crippen MR) is 128 cm³/mol. The van der Waals surface area contributed by atoms with Gasteiger partial charge in [-0.25, -0.2) is 4.58 Å². The smallest absolute Gasteiger partial charge is 0.303 e.